The lowest BCUT2D eigenvalue weighted by Crippen LogP contribution is -2.17. The van der Waals surface area contributed by atoms with E-state index in [9.17, 15) is 4.39 Å². The Balaban J connectivity index is 2.35. The summed E-state index contributed by atoms with van der Waals surface area (Å²) in [4.78, 5) is 4.18. The van der Waals surface area contributed by atoms with Crippen LogP contribution in [-0.4, -0.2) is 23.2 Å². The van der Waals surface area contributed by atoms with Crippen LogP contribution in [-0.2, 0) is 6.54 Å². The van der Waals surface area contributed by atoms with Gasteiger partial charge in [0.1, 0.15) is 5.82 Å². The minimum Gasteiger partial charge on any atom is -0.395 e. The topological polar surface area (TPSA) is 45.1 Å². The number of aromatic nitrogens is 1. The summed E-state index contributed by atoms with van der Waals surface area (Å²) >= 11 is 0. The molecule has 0 bridgehead atoms. The van der Waals surface area contributed by atoms with E-state index < -0.39 is 0 Å². The molecule has 84 valence electrons. The normalized spacial score (nSPS) is 10.9. The Kier molecular flexibility index (Phi) is 3.44. The number of hydrogen-bond acceptors (Lipinski definition) is 3. The smallest absolute Gasteiger partial charge is 0.132 e. The summed E-state index contributed by atoms with van der Waals surface area (Å²) in [5.74, 6) is -0.256. The first-order chi connectivity index (χ1) is 7.83. The zero-order valence-electron chi connectivity index (χ0n) is 8.78. The molecular formula is C12H13FN2O. The van der Waals surface area contributed by atoms with Crippen molar-refractivity contribution in [3.63, 3.8) is 0 Å². The molecule has 1 aromatic carbocycles. The number of aliphatic hydroxyl groups is 1. The van der Waals surface area contributed by atoms with E-state index >= 15 is 0 Å². The molecule has 0 atom stereocenters. The Morgan fingerprint density at radius 2 is 2.19 bits per heavy atom. The molecule has 4 heteroatoms. The lowest BCUT2D eigenvalue weighted by atomic mass is 10.1. The molecule has 1 heterocycles. The van der Waals surface area contributed by atoms with Gasteiger partial charge in [-0.25, -0.2) is 4.39 Å². The van der Waals surface area contributed by atoms with Gasteiger partial charge in [0.25, 0.3) is 0 Å². The standard InChI is InChI=1S/C12H13FN2O/c13-11-4-3-9(8-14-6-7-16)12-10(11)2-1-5-15-12/h1-5,14,16H,6-8H2. The molecule has 3 nitrogen and oxygen atoms in total. The largest absolute Gasteiger partial charge is 0.395 e. The second-order valence-corrected chi connectivity index (χ2v) is 3.51. The van der Waals surface area contributed by atoms with E-state index in [1.54, 1.807) is 24.4 Å². The van der Waals surface area contributed by atoms with Crippen LogP contribution in [0.4, 0.5) is 4.39 Å². The molecule has 1 aromatic heterocycles. The highest BCUT2D eigenvalue weighted by atomic mass is 19.1. The van der Waals surface area contributed by atoms with Gasteiger partial charge in [-0.1, -0.05) is 6.07 Å². The summed E-state index contributed by atoms with van der Waals surface area (Å²) in [6, 6.07) is 6.60. The lowest BCUT2D eigenvalue weighted by molar-refractivity contribution is 0.292. The monoisotopic (exact) mass is 220 g/mol. The molecule has 2 N–H and O–H groups in total. The van der Waals surface area contributed by atoms with Gasteiger partial charge in [0.05, 0.1) is 12.1 Å². The van der Waals surface area contributed by atoms with Crippen LogP contribution in [0.3, 0.4) is 0 Å². The first-order valence-electron chi connectivity index (χ1n) is 5.16. The average Bonchev–Trinajstić information content (AvgIpc) is 2.33. The van der Waals surface area contributed by atoms with Crippen LogP contribution in [0.1, 0.15) is 5.56 Å². The Morgan fingerprint density at radius 3 is 3.00 bits per heavy atom. The van der Waals surface area contributed by atoms with Gasteiger partial charge in [-0.2, -0.15) is 0 Å². The van der Waals surface area contributed by atoms with Crippen LogP contribution < -0.4 is 5.32 Å². The van der Waals surface area contributed by atoms with Gasteiger partial charge in [0.15, 0.2) is 0 Å². The summed E-state index contributed by atoms with van der Waals surface area (Å²) in [6.45, 7) is 1.19. The van der Waals surface area contributed by atoms with Crippen LogP contribution in [0.25, 0.3) is 10.9 Å². The van der Waals surface area contributed by atoms with Crippen LogP contribution in [0.2, 0.25) is 0 Å². The maximum atomic E-state index is 13.5. The number of aliphatic hydroxyl groups excluding tert-OH is 1. The summed E-state index contributed by atoms with van der Waals surface area (Å²) in [7, 11) is 0. The molecule has 0 radical (unpaired) electrons. The molecular weight excluding hydrogens is 207 g/mol. The summed E-state index contributed by atoms with van der Waals surface area (Å²) in [5.41, 5.74) is 1.61. The van der Waals surface area contributed by atoms with E-state index in [0.717, 1.165) is 5.56 Å². The fourth-order valence-electron chi connectivity index (χ4n) is 1.64. The molecule has 0 fully saturated rings. The summed E-state index contributed by atoms with van der Waals surface area (Å²) in [5, 5.41) is 12.2. The first kappa shape index (κ1) is 11.0. The number of rotatable bonds is 4. The molecule has 0 saturated heterocycles. The van der Waals surface area contributed by atoms with E-state index in [0.29, 0.717) is 24.0 Å². The third kappa shape index (κ3) is 2.18. The average molecular weight is 220 g/mol. The highest BCUT2D eigenvalue weighted by molar-refractivity contribution is 5.82. The van der Waals surface area contributed by atoms with Crippen molar-refractivity contribution in [2.45, 2.75) is 6.54 Å². The molecule has 0 amide bonds. The van der Waals surface area contributed by atoms with E-state index in [4.69, 9.17) is 5.11 Å². The van der Waals surface area contributed by atoms with Crippen LogP contribution in [0.5, 0.6) is 0 Å². The predicted octanol–water partition coefficient (Wildman–Crippen LogP) is 1.46. The number of fused-ring (bicyclic) bond motifs is 1. The highest BCUT2D eigenvalue weighted by Gasteiger charge is 2.05. The number of halogens is 1. The quantitative estimate of drug-likeness (QED) is 0.767. The Labute approximate surface area is 92.9 Å². The molecule has 2 rings (SSSR count). The molecule has 2 aromatic rings. The number of nitrogens with zero attached hydrogens (tertiary/aromatic N) is 1. The van der Waals surface area contributed by atoms with Crippen LogP contribution >= 0.6 is 0 Å². The van der Waals surface area contributed by atoms with E-state index in [1.165, 1.54) is 6.07 Å². The zero-order valence-corrected chi connectivity index (χ0v) is 8.78. The zero-order chi connectivity index (χ0) is 11.4. The Hall–Kier alpha value is -1.52. The van der Waals surface area contributed by atoms with Gasteiger partial charge < -0.3 is 10.4 Å². The second kappa shape index (κ2) is 5.01. The van der Waals surface area contributed by atoms with Crippen molar-refractivity contribution in [1.29, 1.82) is 0 Å². The van der Waals surface area contributed by atoms with Gasteiger partial charge >= 0.3 is 0 Å². The van der Waals surface area contributed by atoms with Crippen molar-refractivity contribution in [2.24, 2.45) is 0 Å². The van der Waals surface area contributed by atoms with Gasteiger partial charge in [0.2, 0.25) is 0 Å². The van der Waals surface area contributed by atoms with Crippen molar-refractivity contribution in [1.82, 2.24) is 10.3 Å². The van der Waals surface area contributed by atoms with Crippen molar-refractivity contribution >= 4 is 10.9 Å². The van der Waals surface area contributed by atoms with E-state index in [1.807, 2.05) is 0 Å². The number of nitrogens with one attached hydrogen (secondary N) is 1. The second-order valence-electron chi connectivity index (χ2n) is 3.51. The molecule has 0 saturated carbocycles. The van der Waals surface area contributed by atoms with Crippen molar-refractivity contribution in [3.05, 3.63) is 41.8 Å². The van der Waals surface area contributed by atoms with Crippen LogP contribution in [0.15, 0.2) is 30.5 Å². The van der Waals surface area contributed by atoms with Crippen molar-refractivity contribution in [3.8, 4) is 0 Å². The summed E-state index contributed by atoms with van der Waals surface area (Å²) < 4.78 is 13.5. The molecule has 16 heavy (non-hydrogen) atoms. The predicted molar refractivity (Wildman–Crippen MR) is 60.5 cm³/mol. The van der Waals surface area contributed by atoms with Crippen molar-refractivity contribution < 1.29 is 9.50 Å². The fourth-order valence-corrected chi connectivity index (χ4v) is 1.64. The molecule has 0 aliphatic heterocycles. The maximum absolute atomic E-state index is 13.5. The highest BCUT2D eigenvalue weighted by Crippen LogP contribution is 2.19. The number of benzene rings is 1. The Bertz CT molecular complexity index is 487. The van der Waals surface area contributed by atoms with E-state index in [2.05, 4.69) is 10.3 Å². The molecule has 0 aliphatic carbocycles. The van der Waals surface area contributed by atoms with Gasteiger partial charge in [-0.05, 0) is 23.8 Å². The third-order valence-electron chi connectivity index (χ3n) is 2.40. The molecule has 0 spiro atoms. The third-order valence-corrected chi connectivity index (χ3v) is 2.40. The number of pyridine rings is 1. The first-order valence-corrected chi connectivity index (χ1v) is 5.16. The molecule has 0 unspecified atom stereocenters. The van der Waals surface area contributed by atoms with E-state index in [-0.39, 0.29) is 12.4 Å². The molecule has 0 aliphatic rings. The minimum absolute atomic E-state index is 0.0898. The van der Waals surface area contributed by atoms with Gasteiger partial charge in [-0.3, -0.25) is 4.98 Å². The SMILES string of the molecule is OCCNCc1ccc(F)c2cccnc12. The lowest BCUT2D eigenvalue weighted by Gasteiger charge is -2.07. The Morgan fingerprint density at radius 1 is 1.31 bits per heavy atom. The minimum atomic E-state index is -0.256. The van der Waals surface area contributed by atoms with Gasteiger partial charge in [-0.15, -0.1) is 0 Å². The summed E-state index contributed by atoms with van der Waals surface area (Å²) in [6.07, 6.45) is 1.65. The maximum Gasteiger partial charge on any atom is 0.132 e. The van der Waals surface area contributed by atoms with Crippen LogP contribution in [0, 0.1) is 5.82 Å². The van der Waals surface area contributed by atoms with Gasteiger partial charge in [0, 0.05) is 24.7 Å². The fraction of sp³-hybridized carbons (Fsp3) is 0.250. The number of hydrogen-bond donors (Lipinski definition) is 2. The van der Waals surface area contributed by atoms with Crippen molar-refractivity contribution in [2.75, 3.05) is 13.2 Å².